The van der Waals surface area contributed by atoms with Gasteiger partial charge in [-0.25, -0.2) is 0 Å². The van der Waals surface area contributed by atoms with Crippen LogP contribution in [0, 0.1) is 23.7 Å². The van der Waals surface area contributed by atoms with Crippen LogP contribution in [-0.4, -0.2) is 18.3 Å². The molecule has 4 saturated carbocycles. The van der Waals surface area contributed by atoms with Gasteiger partial charge in [-0.15, -0.1) is 0 Å². The van der Waals surface area contributed by atoms with Gasteiger partial charge in [-0.1, -0.05) is 0 Å². The quantitative estimate of drug-likeness (QED) is 0.816. The summed E-state index contributed by atoms with van der Waals surface area (Å²) in [6.45, 7) is 1.68. The standard InChI is InChI=1S/C14H22F3N/c1-8(7-14(15,16)17)18-13-11-3-9-2-10(5-11)6-12(13)4-9/h8-13,18H,2-7H2,1H3. The van der Waals surface area contributed by atoms with Crippen molar-refractivity contribution in [1.82, 2.24) is 5.32 Å². The lowest BCUT2D eigenvalue weighted by atomic mass is 9.54. The lowest BCUT2D eigenvalue weighted by Crippen LogP contribution is -2.56. The second kappa shape index (κ2) is 4.39. The maximum absolute atomic E-state index is 12.4. The van der Waals surface area contributed by atoms with E-state index in [1.807, 2.05) is 0 Å². The third kappa shape index (κ3) is 2.54. The van der Waals surface area contributed by atoms with Crippen LogP contribution >= 0.6 is 0 Å². The average Bonchev–Trinajstić information content (AvgIpc) is 2.19. The SMILES string of the molecule is CC(CC(F)(F)F)NC1C2CC3CC(C2)CC1C3. The van der Waals surface area contributed by atoms with Crippen LogP contribution in [0.15, 0.2) is 0 Å². The maximum Gasteiger partial charge on any atom is 0.390 e. The molecule has 0 radical (unpaired) electrons. The summed E-state index contributed by atoms with van der Waals surface area (Å²) in [5.41, 5.74) is 0. The molecular weight excluding hydrogens is 239 g/mol. The van der Waals surface area contributed by atoms with E-state index in [1.165, 1.54) is 32.1 Å². The van der Waals surface area contributed by atoms with E-state index in [4.69, 9.17) is 0 Å². The second-order valence-electron chi connectivity index (χ2n) is 6.84. The van der Waals surface area contributed by atoms with Crippen molar-refractivity contribution in [2.75, 3.05) is 0 Å². The van der Waals surface area contributed by atoms with Crippen molar-refractivity contribution in [2.24, 2.45) is 23.7 Å². The van der Waals surface area contributed by atoms with Gasteiger partial charge in [-0.3, -0.25) is 0 Å². The Morgan fingerprint density at radius 3 is 1.94 bits per heavy atom. The number of alkyl halides is 3. The van der Waals surface area contributed by atoms with Gasteiger partial charge in [0.1, 0.15) is 0 Å². The summed E-state index contributed by atoms with van der Waals surface area (Å²) >= 11 is 0. The summed E-state index contributed by atoms with van der Waals surface area (Å²) in [6, 6.07) is -0.0809. The molecule has 0 aromatic rings. The topological polar surface area (TPSA) is 12.0 Å². The molecule has 0 amide bonds. The molecule has 0 aromatic heterocycles. The zero-order chi connectivity index (χ0) is 12.9. The lowest BCUT2D eigenvalue weighted by molar-refractivity contribution is -0.141. The van der Waals surface area contributed by atoms with Gasteiger partial charge in [0, 0.05) is 12.1 Å². The van der Waals surface area contributed by atoms with Crippen LogP contribution in [0.1, 0.15) is 45.4 Å². The van der Waals surface area contributed by atoms with E-state index in [0.29, 0.717) is 17.9 Å². The third-order valence-corrected chi connectivity index (χ3v) is 5.24. The zero-order valence-electron chi connectivity index (χ0n) is 10.8. The molecule has 1 nitrogen and oxygen atoms in total. The molecule has 1 atom stereocenters. The summed E-state index contributed by atoms with van der Waals surface area (Å²) in [5, 5.41) is 3.30. The summed E-state index contributed by atoms with van der Waals surface area (Å²) < 4.78 is 37.1. The zero-order valence-corrected chi connectivity index (χ0v) is 10.8. The van der Waals surface area contributed by atoms with Crippen LogP contribution in [0.5, 0.6) is 0 Å². The Hall–Kier alpha value is -0.250. The monoisotopic (exact) mass is 261 g/mol. The molecule has 0 saturated heterocycles. The van der Waals surface area contributed by atoms with Crippen LogP contribution in [0.2, 0.25) is 0 Å². The van der Waals surface area contributed by atoms with Crippen LogP contribution in [0.25, 0.3) is 0 Å². The third-order valence-electron chi connectivity index (χ3n) is 5.24. The highest BCUT2D eigenvalue weighted by molar-refractivity contribution is 5.01. The van der Waals surface area contributed by atoms with Gasteiger partial charge in [0.05, 0.1) is 6.42 Å². The van der Waals surface area contributed by atoms with E-state index >= 15 is 0 Å². The molecule has 0 heterocycles. The Bertz CT molecular complexity index is 285. The molecule has 0 aliphatic heterocycles. The number of hydrogen-bond acceptors (Lipinski definition) is 1. The van der Waals surface area contributed by atoms with Crippen molar-refractivity contribution in [2.45, 2.75) is 63.7 Å². The highest BCUT2D eigenvalue weighted by atomic mass is 19.4. The van der Waals surface area contributed by atoms with Crippen LogP contribution < -0.4 is 5.32 Å². The Morgan fingerprint density at radius 1 is 1.00 bits per heavy atom. The summed E-state index contributed by atoms with van der Waals surface area (Å²) in [4.78, 5) is 0. The first kappa shape index (κ1) is 12.8. The van der Waals surface area contributed by atoms with Gasteiger partial charge in [-0.2, -0.15) is 13.2 Å². The predicted octanol–water partition coefficient (Wildman–Crippen LogP) is 3.74. The van der Waals surface area contributed by atoms with E-state index in [2.05, 4.69) is 5.32 Å². The molecule has 1 unspecified atom stereocenters. The first-order chi connectivity index (χ1) is 8.40. The fourth-order valence-corrected chi connectivity index (χ4v) is 4.93. The fourth-order valence-electron chi connectivity index (χ4n) is 4.93. The minimum absolute atomic E-state index is 0.357. The van der Waals surface area contributed by atoms with Crippen molar-refractivity contribution < 1.29 is 13.2 Å². The van der Waals surface area contributed by atoms with Gasteiger partial charge in [-0.05, 0) is 62.7 Å². The van der Waals surface area contributed by atoms with E-state index < -0.39 is 18.6 Å². The smallest absolute Gasteiger partial charge is 0.311 e. The number of halogens is 3. The van der Waals surface area contributed by atoms with Crippen molar-refractivity contribution in [3.8, 4) is 0 Å². The van der Waals surface area contributed by atoms with E-state index in [9.17, 15) is 13.2 Å². The Kier molecular flexibility index (Phi) is 3.12. The van der Waals surface area contributed by atoms with Gasteiger partial charge in [0.15, 0.2) is 0 Å². The Labute approximate surface area is 107 Å². The Morgan fingerprint density at radius 2 is 1.50 bits per heavy atom. The van der Waals surface area contributed by atoms with E-state index in [1.54, 1.807) is 6.92 Å². The molecule has 4 aliphatic rings. The molecular formula is C14H22F3N. The second-order valence-corrected chi connectivity index (χ2v) is 6.84. The molecule has 4 aliphatic carbocycles. The average molecular weight is 261 g/mol. The Balaban J connectivity index is 1.60. The minimum atomic E-state index is -4.04. The fraction of sp³-hybridized carbons (Fsp3) is 1.00. The molecule has 0 spiro atoms. The largest absolute Gasteiger partial charge is 0.390 e. The van der Waals surface area contributed by atoms with E-state index in [0.717, 1.165) is 11.8 Å². The maximum atomic E-state index is 12.4. The van der Waals surface area contributed by atoms with Crippen molar-refractivity contribution in [3.05, 3.63) is 0 Å². The molecule has 18 heavy (non-hydrogen) atoms. The highest BCUT2D eigenvalue weighted by Crippen LogP contribution is 2.53. The van der Waals surface area contributed by atoms with Gasteiger partial charge in [0.25, 0.3) is 0 Å². The molecule has 4 rings (SSSR count). The normalized spacial score (nSPS) is 44.3. The molecule has 4 heteroatoms. The number of nitrogens with one attached hydrogen (secondary N) is 1. The van der Waals surface area contributed by atoms with Crippen LogP contribution in [0.3, 0.4) is 0 Å². The van der Waals surface area contributed by atoms with Crippen molar-refractivity contribution >= 4 is 0 Å². The summed E-state index contributed by atoms with van der Waals surface area (Å²) in [7, 11) is 0. The van der Waals surface area contributed by atoms with Gasteiger partial charge < -0.3 is 5.32 Å². The van der Waals surface area contributed by atoms with Crippen molar-refractivity contribution in [3.63, 3.8) is 0 Å². The molecule has 4 fully saturated rings. The summed E-state index contributed by atoms with van der Waals surface area (Å²) in [5.74, 6) is 3.06. The molecule has 1 N–H and O–H groups in total. The number of hydrogen-bond donors (Lipinski definition) is 1. The van der Waals surface area contributed by atoms with Gasteiger partial charge in [0.2, 0.25) is 0 Å². The number of rotatable bonds is 3. The van der Waals surface area contributed by atoms with E-state index in [-0.39, 0.29) is 0 Å². The summed E-state index contributed by atoms with van der Waals surface area (Å²) in [6.07, 6.45) is 1.66. The first-order valence-electron chi connectivity index (χ1n) is 7.23. The van der Waals surface area contributed by atoms with Crippen LogP contribution in [-0.2, 0) is 0 Å². The van der Waals surface area contributed by atoms with Crippen molar-refractivity contribution in [1.29, 1.82) is 0 Å². The lowest BCUT2D eigenvalue weighted by Gasteiger charge is -2.55. The van der Waals surface area contributed by atoms with Gasteiger partial charge >= 0.3 is 6.18 Å². The molecule has 104 valence electrons. The molecule has 0 aromatic carbocycles. The molecule has 4 bridgehead atoms. The highest BCUT2D eigenvalue weighted by Gasteiger charge is 2.48. The predicted molar refractivity (Wildman–Crippen MR) is 64.1 cm³/mol. The van der Waals surface area contributed by atoms with Crippen LogP contribution in [0.4, 0.5) is 13.2 Å². The first-order valence-corrected chi connectivity index (χ1v) is 7.23. The minimum Gasteiger partial charge on any atom is -0.311 e.